The molecule has 0 atom stereocenters. The minimum Gasteiger partial charge on any atom is -0.305 e. The average molecular weight is 296 g/mol. The van der Waals surface area contributed by atoms with Crippen LogP contribution in [0.15, 0.2) is 53.7 Å². The van der Waals surface area contributed by atoms with Gasteiger partial charge in [-0.05, 0) is 24.3 Å². The van der Waals surface area contributed by atoms with E-state index < -0.39 is 0 Å². The van der Waals surface area contributed by atoms with Crippen LogP contribution in [0.25, 0.3) is 16.9 Å². The number of benzene rings is 1. The third-order valence-corrected chi connectivity index (χ3v) is 4.43. The van der Waals surface area contributed by atoms with Gasteiger partial charge in [0.2, 0.25) is 0 Å². The first-order valence-corrected chi connectivity index (χ1v) is 7.96. The quantitative estimate of drug-likeness (QED) is 0.519. The lowest BCUT2D eigenvalue weighted by Gasteiger charge is -2.00. The van der Waals surface area contributed by atoms with E-state index >= 15 is 0 Å². The molecule has 0 saturated heterocycles. The fourth-order valence-corrected chi connectivity index (χ4v) is 2.94. The van der Waals surface area contributed by atoms with Crippen LogP contribution in [0.5, 0.6) is 0 Å². The molecule has 3 aromatic rings. The number of hydrogen-bond donors (Lipinski definition) is 0. The zero-order valence-corrected chi connectivity index (χ0v) is 12.6. The lowest BCUT2D eigenvalue weighted by Crippen LogP contribution is -1.84. The summed E-state index contributed by atoms with van der Waals surface area (Å²) in [4.78, 5) is 16.6. The molecule has 0 aliphatic heterocycles. The molecule has 3 rings (SSSR count). The zero-order chi connectivity index (χ0) is 14.7. The molecule has 106 valence electrons. The lowest BCUT2D eigenvalue weighted by atomic mass is 10.1. The van der Waals surface area contributed by atoms with Crippen LogP contribution in [0.2, 0.25) is 0 Å². The molecule has 1 aromatic carbocycles. The SMILES string of the molecule is CCCSc1ccc2nc(-c3ccc(C=O)cc3)cn2c1. The topological polar surface area (TPSA) is 34.4 Å². The van der Waals surface area contributed by atoms with Crippen LogP contribution in [0.3, 0.4) is 0 Å². The molecule has 0 radical (unpaired) electrons. The molecule has 0 saturated carbocycles. The Balaban J connectivity index is 1.93. The minimum absolute atomic E-state index is 0.681. The molecule has 0 unspecified atom stereocenters. The maximum Gasteiger partial charge on any atom is 0.150 e. The van der Waals surface area contributed by atoms with Crippen molar-refractivity contribution in [3.63, 3.8) is 0 Å². The van der Waals surface area contributed by atoms with Crippen molar-refractivity contribution in [3.05, 3.63) is 54.4 Å². The number of nitrogens with zero attached hydrogens (tertiary/aromatic N) is 2. The van der Waals surface area contributed by atoms with E-state index in [0.717, 1.165) is 28.9 Å². The summed E-state index contributed by atoms with van der Waals surface area (Å²) in [5.74, 6) is 1.13. The number of fused-ring (bicyclic) bond motifs is 1. The predicted octanol–water partition coefficient (Wildman–Crippen LogP) is 4.32. The molecule has 0 spiro atoms. The van der Waals surface area contributed by atoms with Crippen molar-refractivity contribution in [2.75, 3.05) is 5.75 Å². The van der Waals surface area contributed by atoms with Crippen LogP contribution in [0, 0.1) is 0 Å². The van der Waals surface area contributed by atoms with Crippen molar-refractivity contribution < 1.29 is 4.79 Å². The number of hydrogen-bond acceptors (Lipinski definition) is 3. The number of rotatable bonds is 5. The van der Waals surface area contributed by atoms with Gasteiger partial charge in [-0.1, -0.05) is 31.2 Å². The summed E-state index contributed by atoms with van der Waals surface area (Å²) >= 11 is 1.86. The molecule has 21 heavy (non-hydrogen) atoms. The second-order valence-electron chi connectivity index (χ2n) is 4.84. The first-order chi connectivity index (χ1) is 10.3. The Morgan fingerprint density at radius 3 is 2.67 bits per heavy atom. The standard InChI is InChI=1S/C17H16N2OS/c1-2-9-21-15-7-8-17-18-16(11-19(17)10-15)14-5-3-13(12-20)4-6-14/h3-8,10-12H,2,9H2,1H3. The number of aldehydes is 1. The smallest absolute Gasteiger partial charge is 0.150 e. The first kappa shape index (κ1) is 13.9. The average Bonchev–Trinajstić information content (AvgIpc) is 2.96. The number of aromatic nitrogens is 2. The van der Waals surface area contributed by atoms with Gasteiger partial charge in [0.1, 0.15) is 11.9 Å². The molecule has 2 aromatic heterocycles. The van der Waals surface area contributed by atoms with Crippen LogP contribution in [0.1, 0.15) is 23.7 Å². The summed E-state index contributed by atoms with van der Waals surface area (Å²) in [5, 5.41) is 0. The predicted molar refractivity (Wildman–Crippen MR) is 87.0 cm³/mol. The maximum absolute atomic E-state index is 10.7. The second kappa shape index (κ2) is 6.14. The second-order valence-corrected chi connectivity index (χ2v) is 6.01. The molecule has 4 heteroatoms. The maximum atomic E-state index is 10.7. The Labute approximate surface area is 128 Å². The van der Waals surface area contributed by atoms with Crippen molar-refractivity contribution in [2.45, 2.75) is 18.2 Å². The van der Waals surface area contributed by atoms with Gasteiger partial charge in [0.25, 0.3) is 0 Å². The van der Waals surface area contributed by atoms with Crippen molar-refractivity contribution in [1.29, 1.82) is 0 Å². The van der Waals surface area contributed by atoms with E-state index in [1.54, 1.807) is 0 Å². The summed E-state index contributed by atoms with van der Waals surface area (Å²) in [6.45, 7) is 2.18. The van der Waals surface area contributed by atoms with Gasteiger partial charge in [-0.2, -0.15) is 0 Å². The Bertz CT molecular complexity index is 762. The number of pyridine rings is 1. The van der Waals surface area contributed by atoms with Gasteiger partial charge < -0.3 is 4.40 Å². The molecule has 0 amide bonds. The molecule has 0 fully saturated rings. The fourth-order valence-electron chi connectivity index (χ4n) is 2.15. The highest BCUT2D eigenvalue weighted by molar-refractivity contribution is 7.99. The lowest BCUT2D eigenvalue weighted by molar-refractivity contribution is 0.112. The van der Waals surface area contributed by atoms with Gasteiger partial charge in [-0.25, -0.2) is 4.98 Å². The molecule has 3 nitrogen and oxygen atoms in total. The summed E-state index contributed by atoms with van der Waals surface area (Å²) < 4.78 is 2.06. The first-order valence-electron chi connectivity index (χ1n) is 6.97. The number of thioether (sulfide) groups is 1. The van der Waals surface area contributed by atoms with Gasteiger partial charge in [0.05, 0.1) is 5.69 Å². The third-order valence-electron chi connectivity index (χ3n) is 3.24. The molecule has 0 bridgehead atoms. The molecular weight excluding hydrogens is 280 g/mol. The Morgan fingerprint density at radius 1 is 1.14 bits per heavy atom. The van der Waals surface area contributed by atoms with E-state index in [9.17, 15) is 4.79 Å². The molecule has 2 heterocycles. The van der Waals surface area contributed by atoms with E-state index in [0.29, 0.717) is 5.56 Å². The largest absolute Gasteiger partial charge is 0.305 e. The molecule has 0 aliphatic carbocycles. The van der Waals surface area contributed by atoms with E-state index in [4.69, 9.17) is 0 Å². The van der Waals surface area contributed by atoms with Gasteiger partial charge >= 0.3 is 0 Å². The van der Waals surface area contributed by atoms with Crippen LogP contribution >= 0.6 is 11.8 Å². The number of imidazole rings is 1. The van der Waals surface area contributed by atoms with E-state index in [-0.39, 0.29) is 0 Å². The van der Waals surface area contributed by atoms with Gasteiger partial charge in [0.15, 0.2) is 0 Å². The van der Waals surface area contributed by atoms with Gasteiger partial charge in [-0.15, -0.1) is 11.8 Å². The van der Waals surface area contributed by atoms with Crippen molar-refractivity contribution in [1.82, 2.24) is 9.38 Å². The highest BCUT2D eigenvalue weighted by Crippen LogP contribution is 2.23. The number of carbonyl (C=O) groups is 1. The van der Waals surface area contributed by atoms with Crippen LogP contribution in [-0.4, -0.2) is 21.4 Å². The third kappa shape index (κ3) is 3.00. The summed E-state index contributed by atoms with van der Waals surface area (Å²) in [6, 6.07) is 11.6. The zero-order valence-electron chi connectivity index (χ0n) is 11.8. The van der Waals surface area contributed by atoms with E-state index in [1.165, 1.54) is 11.3 Å². The van der Waals surface area contributed by atoms with Crippen LogP contribution in [-0.2, 0) is 0 Å². The van der Waals surface area contributed by atoms with Crippen molar-refractivity contribution >= 4 is 23.7 Å². The minimum atomic E-state index is 0.681. The Kier molecular flexibility index (Phi) is 4.06. The van der Waals surface area contributed by atoms with Crippen LogP contribution < -0.4 is 0 Å². The highest BCUT2D eigenvalue weighted by Gasteiger charge is 2.05. The van der Waals surface area contributed by atoms with E-state index in [1.807, 2.05) is 48.3 Å². The summed E-state index contributed by atoms with van der Waals surface area (Å²) in [7, 11) is 0. The highest BCUT2D eigenvalue weighted by atomic mass is 32.2. The summed E-state index contributed by atoms with van der Waals surface area (Å²) in [6.07, 6.45) is 6.17. The summed E-state index contributed by atoms with van der Waals surface area (Å²) in [5.41, 5.74) is 3.56. The van der Waals surface area contributed by atoms with Crippen molar-refractivity contribution in [3.8, 4) is 11.3 Å². The molecule has 0 aliphatic rings. The Hall–Kier alpha value is -2.07. The normalized spacial score (nSPS) is 10.9. The number of carbonyl (C=O) groups excluding carboxylic acids is 1. The van der Waals surface area contributed by atoms with Crippen LogP contribution in [0.4, 0.5) is 0 Å². The van der Waals surface area contributed by atoms with E-state index in [2.05, 4.69) is 28.6 Å². The monoisotopic (exact) mass is 296 g/mol. The van der Waals surface area contributed by atoms with Gasteiger partial charge in [0, 0.05) is 28.4 Å². The fraction of sp³-hybridized carbons (Fsp3) is 0.176. The van der Waals surface area contributed by atoms with Crippen molar-refractivity contribution in [2.24, 2.45) is 0 Å². The van der Waals surface area contributed by atoms with Gasteiger partial charge in [-0.3, -0.25) is 4.79 Å². The molecule has 0 N–H and O–H groups in total. The Morgan fingerprint density at radius 2 is 1.95 bits per heavy atom. The molecular formula is C17H16N2OS.